The van der Waals surface area contributed by atoms with Gasteiger partial charge < -0.3 is 4.90 Å². The Morgan fingerprint density at radius 2 is 1.77 bits per heavy atom. The summed E-state index contributed by atoms with van der Waals surface area (Å²) in [6.07, 6.45) is 0.167. The highest BCUT2D eigenvalue weighted by molar-refractivity contribution is 7.89. The van der Waals surface area contributed by atoms with Crippen LogP contribution in [0.5, 0.6) is 0 Å². The fourth-order valence-corrected chi connectivity index (χ4v) is 4.82. The molecule has 1 unspecified atom stereocenters. The van der Waals surface area contributed by atoms with Crippen LogP contribution in [0.2, 0.25) is 0 Å². The number of alkyl halides is 1. The van der Waals surface area contributed by atoms with Gasteiger partial charge >= 0.3 is 0 Å². The average molecular weight is 393 g/mol. The lowest BCUT2D eigenvalue weighted by Crippen LogP contribution is -2.37. The van der Waals surface area contributed by atoms with Crippen molar-refractivity contribution >= 4 is 33.2 Å². The van der Waals surface area contributed by atoms with Gasteiger partial charge in [-0.1, -0.05) is 29.8 Å². The molecule has 0 bridgehead atoms. The predicted octanol–water partition coefficient (Wildman–Crippen LogP) is 3.08. The maximum atomic E-state index is 12.7. The Labute approximate surface area is 159 Å². The molecule has 0 fully saturated rings. The summed E-state index contributed by atoms with van der Waals surface area (Å²) in [7, 11) is -1.97. The molecule has 1 aliphatic rings. The van der Waals surface area contributed by atoms with Gasteiger partial charge in [-0.25, -0.2) is 13.1 Å². The second-order valence-electron chi connectivity index (χ2n) is 6.60. The van der Waals surface area contributed by atoms with Gasteiger partial charge in [-0.2, -0.15) is 0 Å². The van der Waals surface area contributed by atoms with E-state index in [0.29, 0.717) is 0 Å². The summed E-state index contributed by atoms with van der Waals surface area (Å²) >= 11 is 6.72. The van der Waals surface area contributed by atoms with E-state index in [2.05, 4.69) is 4.72 Å². The standard InChI is InChI=1S/C19H21ClN2O3S/c1-13-7-9-15(10-8-13)26(24,25)21-12-11-19(20)17-14(2)5-4-6-16(17)22(3)18(19)23/h4-10,21H,11-12H2,1-3H3. The maximum Gasteiger partial charge on any atom is 0.252 e. The first kappa shape index (κ1) is 18.9. The molecule has 1 atom stereocenters. The normalized spacial score (nSPS) is 19.7. The molecule has 138 valence electrons. The number of nitrogens with zero attached hydrogens (tertiary/aromatic N) is 1. The van der Waals surface area contributed by atoms with Gasteiger partial charge in [0.25, 0.3) is 5.91 Å². The van der Waals surface area contributed by atoms with Gasteiger partial charge in [0.05, 0.1) is 4.90 Å². The summed E-state index contributed by atoms with van der Waals surface area (Å²) in [4.78, 5) is 13.2. The van der Waals surface area contributed by atoms with Gasteiger partial charge in [0.1, 0.15) is 0 Å². The quantitative estimate of drug-likeness (QED) is 0.795. The Bertz CT molecular complexity index is 957. The lowest BCUT2D eigenvalue weighted by molar-refractivity contribution is -0.120. The number of fused-ring (bicyclic) bond motifs is 1. The fourth-order valence-electron chi connectivity index (χ4n) is 3.32. The molecule has 0 saturated carbocycles. The van der Waals surface area contributed by atoms with E-state index in [9.17, 15) is 13.2 Å². The van der Waals surface area contributed by atoms with Crippen LogP contribution < -0.4 is 9.62 Å². The molecule has 3 rings (SSSR count). The number of benzene rings is 2. The van der Waals surface area contributed by atoms with E-state index < -0.39 is 14.9 Å². The Balaban J connectivity index is 1.80. The summed E-state index contributed by atoms with van der Waals surface area (Å²) in [5, 5.41) is 0. The molecule has 5 nitrogen and oxygen atoms in total. The average Bonchev–Trinajstić information content (AvgIpc) is 2.78. The number of halogens is 1. The molecule has 0 aromatic heterocycles. The minimum atomic E-state index is -3.65. The van der Waals surface area contributed by atoms with E-state index in [1.54, 1.807) is 31.3 Å². The maximum absolute atomic E-state index is 12.7. The zero-order valence-electron chi connectivity index (χ0n) is 14.9. The molecule has 7 heteroatoms. The van der Waals surface area contributed by atoms with Crippen molar-refractivity contribution in [2.45, 2.75) is 30.0 Å². The zero-order chi connectivity index (χ0) is 19.1. The van der Waals surface area contributed by atoms with E-state index in [1.807, 2.05) is 32.0 Å². The molecule has 1 amide bonds. The molecule has 1 N–H and O–H groups in total. The number of aryl methyl sites for hydroxylation is 2. The number of hydrogen-bond acceptors (Lipinski definition) is 3. The van der Waals surface area contributed by atoms with Crippen LogP contribution in [0, 0.1) is 13.8 Å². The number of hydrogen-bond donors (Lipinski definition) is 1. The number of sulfonamides is 1. The summed E-state index contributed by atoms with van der Waals surface area (Å²) < 4.78 is 27.4. The number of amides is 1. The third kappa shape index (κ3) is 3.13. The van der Waals surface area contributed by atoms with Crippen molar-refractivity contribution in [3.05, 3.63) is 59.2 Å². The van der Waals surface area contributed by atoms with E-state index in [4.69, 9.17) is 11.6 Å². The molecule has 1 heterocycles. The molecule has 1 aliphatic heterocycles. The number of rotatable bonds is 5. The van der Waals surface area contributed by atoms with E-state index in [1.165, 1.54) is 4.90 Å². The summed E-state index contributed by atoms with van der Waals surface area (Å²) in [5.74, 6) is -0.238. The lowest BCUT2D eigenvalue weighted by atomic mass is 9.92. The molecular weight excluding hydrogens is 372 g/mol. The van der Waals surface area contributed by atoms with Crippen LogP contribution in [0.3, 0.4) is 0 Å². The summed E-state index contributed by atoms with van der Waals surface area (Å²) in [6, 6.07) is 12.2. The molecule has 2 aromatic carbocycles. The van der Waals surface area contributed by atoms with E-state index in [0.717, 1.165) is 22.4 Å². The van der Waals surface area contributed by atoms with Gasteiger partial charge in [0, 0.05) is 24.8 Å². The van der Waals surface area contributed by atoms with Crippen molar-refractivity contribution in [2.75, 3.05) is 18.5 Å². The second-order valence-corrected chi connectivity index (χ2v) is 9.01. The van der Waals surface area contributed by atoms with Crippen LogP contribution in [-0.2, 0) is 19.7 Å². The molecule has 0 saturated heterocycles. The SMILES string of the molecule is Cc1ccc(S(=O)(=O)NCCC2(Cl)C(=O)N(C)c3cccc(C)c32)cc1. The monoisotopic (exact) mass is 392 g/mol. The smallest absolute Gasteiger partial charge is 0.252 e. The van der Waals surface area contributed by atoms with E-state index >= 15 is 0 Å². The minimum Gasteiger partial charge on any atom is -0.313 e. The van der Waals surface area contributed by atoms with Gasteiger partial charge in [-0.15, -0.1) is 11.6 Å². The largest absolute Gasteiger partial charge is 0.313 e. The Morgan fingerprint density at radius 3 is 2.42 bits per heavy atom. The highest BCUT2D eigenvalue weighted by Gasteiger charge is 2.49. The van der Waals surface area contributed by atoms with Gasteiger partial charge in [0.2, 0.25) is 10.0 Å². The van der Waals surface area contributed by atoms with Crippen molar-refractivity contribution in [1.82, 2.24) is 4.72 Å². The van der Waals surface area contributed by atoms with Crippen molar-refractivity contribution in [3.63, 3.8) is 0 Å². The molecule has 2 aromatic rings. The van der Waals surface area contributed by atoms with Crippen LogP contribution in [0.15, 0.2) is 47.4 Å². The highest BCUT2D eigenvalue weighted by Crippen LogP contribution is 2.47. The van der Waals surface area contributed by atoms with Crippen LogP contribution in [0.4, 0.5) is 5.69 Å². The first-order valence-corrected chi connectivity index (χ1v) is 10.2. The van der Waals surface area contributed by atoms with Crippen LogP contribution in [-0.4, -0.2) is 27.9 Å². The van der Waals surface area contributed by atoms with E-state index in [-0.39, 0.29) is 23.8 Å². The molecular formula is C19H21ClN2O3S. The van der Waals surface area contributed by atoms with Crippen molar-refractivity contribution in [2.24, 2.45) is 0 Å². The van der Waals surface area contributed by atoms with Crippen LogP contribution >= 0.6 is 11.6 Å². The number of likely N-dealkylation sites (N-methyl/N-ethyl adjacent to an activating group) is 1. The summed E-state index contributed by atoms with van der Waals surface area (Å²) in [5.41, 5.74) is 3.42. The van der Waals surface area contributed by atoms with Crippen molar-refractivity contribution in [1.29, 1.82) is 0 Å². The second kappa shape index (κ2) is 6.68. The van der Waals surface area contributed by atoms with Gasteiger partial charge in [0.15, 0.2) is 4.87 Å². The number of carbonyl (C=O) groups is 1. The number of carbonyl (C=O) groups excluding carboxylic acids is 1. The van der Waals surface area contributed by atoms with Crippen molar-refractivity contribution < 1.29 is 13.2 Å². The first-order valence-electron chi connectivity index (χ1n) is 8.30. The van der Waals surface area contributed by atoms with Crippen molar-refractivity contribution in [3.8, 4) is 0 Å². The third-order valence-electron chi connectivity index (χ3n) is 4.74. The molecule has 0 aliphatic carbocycles. The molecule has 0 spiro atoms. The van der Waals surface area contributed by atoms with Crippen LogP contribution in [0.25, 0.3) is 0 Å². The molecule has 0 radical (unpaired) electrons. The Kier molecular flexibility index (Phi) is 4.86. The predicted molar refractivity (Wildman–Crippen MR) is 103 cm³/mol. The Morgan fingerprint density at radius 1 is 1.12 bits per heavy atom. The first-order chi connectivity index (χ1) is 12.2. The van der Waals surface area contributed by atoms with Gasteiger partial charge in [-0.05, 0) is 44.0 Å². The fraction of sp³-hybridized carbons (Fsp3) is 0.316. The highest BCUT2D eigenvalue weighted by atomic mass is 35.5. The molecule has 26 heavy (non-hydrogen) atoms. The number of nitrogens with one attached hydrogen (secondary N) is 1. The van der Waals surface area contributed by atoms with Crippen LogP contribution in [0.1, 0.15) is 23.1 Å². The summed E-state index contributed by atoms with van der Waals surface area (Å²) in [6.45, 7) is 3.86. The zero-order valence-corrected chi connectivity index (χ0v) is 16.5. The third-order valence-corrected chi connectivity index (χ3v) is 6.76. The topological polar surface area (TPSA) is 66.5 Å². The van der Waals surface area contributed by atoms with Gasteiger partial charge in [-0.3, -0.25) is 4.79 Å². The minimum absolute atomic E-state index is 0.0626. The number of anilines is 1. The lowest BCUT2D eigenvalue weighted by Gasteiger charge is -2.22. The Hall–Kier alpha value is -1.89.